The lowest BCUT2D eigenvalue weighted by atomic mass is 9.98. The van der Waals surface area contributed by atoms with E-state index in [1.165, 1.54) is 17.0 Å². The van der Waals surface area contributed by atoms with E-state index in [-0.39, 0.29) is 61.1 Å². The first-order valence-electron chi connectivity index (χ1n) is 11.2. The zero-order chi connectivity index (χ0) is 25.8. The van der Waals surface area contributed by atoms with Gasteiger partial charge in [-0.3, -0.25) is 24.0 Å². The van der Waals surface area contributed by atoms with Crippen molar-refractivity contribution in [2.75, 3.05) is 45.2 Å². The second-order valence-corrected chi connectivity index (χ2v) is 8.55. The van der Waals surface area contributed by atoms with Crippen molar-refractivity contribution in [3.63, 3.8) is 0 Å². The smallest absolute Gasteiger partial charge is 0.322 e. The van der Waals surface area contributed by atoms with Crippen LogP contribution in [0.5, 0.6) is 0 Å². The van der Waals surface area contributed by atoms with Gasteiger partial charge in [0.05, 0.1) is 26.2 Å². The molecule has 0 aliphatic rings. The van der Waals surface area contributed by atoms with E-state index >= 15 is 0 Å². The molecule has 0 fully saturated rings. The molecule has 0 atom stereocenters. The number of benzene rings is 1. The Kier molecular flexibility index (Phi) is 11.9. The number of nitrogens with one attached hydrogen (secondary N) is 2. The Hall–Kier alpha value is -3.27. The van der Waals surface area contributed by atoms with E-state index in [1.54, 1.807) is 40.8 Å². The number of hydrogen-bond acceptors (Lipinski definition) is 7. The summed E-state index contributed by atoms with van der Waals surface area (Å²) in [5, 5.41) is 14.1. The third-order valence-electron chi connectivity index (χ3n) is 4.90. The molecule has 0 heterocycles. The number of carbonyl (C=O) groups excluding carboxylic acids is 4. The number of carboxylic acid groups (broad SMARTS) is 1. The Balaban J connectivity index is 2.62. The Labute approximate surface area is 200 Å². The molecular weight excluding hydrogens is 442 g/mol. The van der Waals surface area contributed by atoms with Gasteiger partial charge in [-0.25, -0.2) is 0 Å². The maximum absolute atomic E-state index is 12.4. The minimum Gasteiger partial charge on any atom is -0.480 e. The third-order valence-corrected chi connectivity index (χ3v) is 4.90. The number of nitrogens with zero attached hydrogens (tertiary/aromatic N) is 1. The summed E-state index contributed by atoms with van der Waals surface area (Å²) >= 11 is 0. The maximum Gasteiger partial charge on any atom is 0.322 e. The number of ether oxygens (including phenoxy) is 1. The molecule has 0 saturated heterocycles. The van der Waals surface area contributed by atoms with Gasteiger partial charge in [0.15, 0.2) is 11.6 Å². The van der Waals surface area contributed by atoms with Crippen LogP contribution in [0.1, 0.15) is 54.8 Å². The second-order valence-electron chi connectivity index (χ2n) is 8.55. The predicted molar refractivity (Wildman–Crippen MR) is 127 cm³/mol. The molecular formula is C24H35N3O7. The summed E-state index contributed by atoms with van der Waals surface area (Å²) < 4.78 is 5.48. The summed E-state index contributed by atoms with van der Waals surface area (Å²) in [6.07, 6.45) is 0.147. The van der Waals surface area contributed by atoms with E-state index in [0.717, 1.165) is 0 Å². The predicted octanol–water partition coefficient (Wildman–Crippen LogP) is 1.84. The average molecular weight is 478 g/mol. The summed E-state index contributed by atoms with van der Waals surface area (Å²) in [4.78, 5) is 60.6. The van der Waals surface area contributed by atoms with Gasteiger partial charge in [0.2, 0.25) is 5.91 Å². The molecule has 0 saturated carbocycles. The van der Waals surface area contributed by atoms with Crippen LogP contribution in [0.15, 0.2) is 18.2 Å². The van der Waals surface area contributed by atoms with Crippen LogP contribution >= 0.6 is 0 Å². The number of ketones is 2. The number of carboxylic acids is 1. The van der Waals surface area contributed by atoms with E-state index in [9.17, 15) is 24.0 Å². The van der Waals surface area contributed by atoms with E-state index < -0.39 is 18.4 Å². The highest BCUT2D eigenvalue weighted by Gasteiger charge is 2.17. The molecule has 0 unspecified atom stereocenters. The van der Waals surface area contributed by atoms with Gasteiger partial charge in [-0.05, 0) is 18.2 Å². The number of likely N-dealkylation sites (N-methyl/N-ethyl adjacent to an activating group) is 1. The van der Waals surface area contributed by atoms with E-state index in [2.05, 4.69) is 10.6 Å². The van der Waals surface area contributed by atoms with E-state index in [0.29, 0.717) is 17.8 Å². The molecule has 0 spiro atoms. The van der Waals surface area contributed by atoms with Gasteiger partial charge in [-0.2, -0.15) is 0 Å². The van der Waals surface area contributed by atoms with Crippen LogP contribution in [0.3, 0.4) is 0 Å². The van der Waals surface area contributed by atoms with Crippen molar-refractivity contribution in [1.82, 2.24) is 10.2 Å². The number of Topliss-reactive ketones (excluding diaryl/α,β-unsaturated/α-hetero) is 2. The minimum atomic E-state index is -1.17. The van der Waals surface area contributed by atoms with Gasteiger partial charge >= 0.3 is 5.97 Å². The van der Waals surface area contributed by atoms with Crippen molar-refractivity contribution < 1.29 is 33.8 Å². The molecule has 1 aromatic rings. The fourth-order valence-corrected chi connectivity index (χ4v) is 2.82. The van der Waals surface area contributed by atoms with Gasteiger partial charge in [0, 0.05) is 42.2 Å². The summed E-state index contributed by atoms with van der Waals surface area (Å²) in [6, 6.07) is 4.59. The SMILES string of the molecule is CC(C)C(=O)CN(C)C(=O)CCOCCNc1cc(C(=O)NCC(=O)O)cc(C(=O)C(C)C)c1. The fraction of sp³-hybridized carbons (Fsp3) is 0.542. The molecule has 10 heteroatoms. The largest absolute Gasteiger partial charge is 0.480 e. The molecule has 0 aromatic heterocycles. The quantitative estimate of drug-likeness (QED) is 0.257. The number of rotatable bonds is 15. The number of aliphatic carboxylic acids is 1. The summed E-state index contributed by atoms with van der Waals surface area (Å²) in [5.41, 5.74) is 1.02. The molecule has 3 N–H and O–H groups in total. The zero-order valence-electron chi connectivity index (χ0n) is 20.5. The number of hydrogen-bond donors (Lipinski definition) is 3. The Morgan fingerprint density at radius 1 is 0.971 bits per heavy atom. The average Bonchev–Trinajstić information content (AvgIpc) is 2.78. The van der Waals surface area contributed by atoms with Gasteiger partial charge in [-0.1, -0.05) is 27.7 Å². The fourth-order valence-electron chi connectivity index (χ4n) is 2.82. The first kappa shape index (κ1) is 28.8. The highest BCUT2D eigenvalue weighted by Crippen LogP contribution is 2.18. The lowest BCUT2D eigenvalue weighted by Gasteiger charge is -2.17. The first-order valence-corrected chi connectivity index (χ1v) is 11.2. The lowest BCUT2D eigenvalue weighted by Crippen LogP contribution is -2.34. The van der Waals surface area contributed by atoms with Gasteiger partial charge < -0.3 is 25.4 Å². The number of anilines is 1. The molecule has 34 heavy (non-hydrogen) atoms. The molecule has 2 amide bonds. The molecule has 1 rings (SSSR count). The van der Waals surface area contributed by atoms with Gasteiger partial charge in [-0.15, -0.1) is 0 Å². The molecule has 0 aliphatic heterocycles. The standard InChI is InChI=1S/C24H35N3O7/c1-15(2)20(28)14-27(5)21(29)6-8-34-9-7-25-19-11-17(23(32)16(3)4)10-18(12-19)24(33)26-13-22(30)31/h10-12,15-16,25H,6-9,13-14H2,1-5H3,(H,26,33)(H,30,31). The van der Waals surface area contributed by atoms with Gasteiger partial charge in [0.25, 0.3) is 5.91 Å². The Morgan fingerprint density at radius 3 is 2.21 bits per heavy atom. The van der Waals surface area contributed by atoms with Crippen LogP contribution in [-0.2, 0) is 19.1 Å². The van der Waals surface area contributed by atoms with Crippen molar-refractivity contribution in [1.29, 1.82) is 0 Å². The number of amides is 2. The third kappa shape index (κ3) is 10.1. The molecule has 0 bridgehead atoms. The normalized spacial score (nSPS) is 10.8. The van der Waals surface area contributed by atoms with Crippen molar-refractivity contribution >= 4 is 35.0 Å². The monoisotopic (exact) mass is 477 g/mol. The summed E-state index contributed by atoms with van der Waals surface area (Å²) in [6.45, 7) is 7.43. The molecule has 10 nitrogen and oxygen atoms in total. The topological polar surface area (TPSA) is 142 Å². The Morgan fingerprint density at radius 2 is 1.62 bits per heavy atom. The maximum atomic E-state index is 12.4. The van der Waals surface area contributed by atoms with Crippen molar-refractivity contribution in [2.45, 2.75) is 34.1 Å². The number of carbonyl (C=O) groups is 5. The first-order chi connectivity index (χ1) is 15.9. The summed E-state index contributed by atoms with van der Waals surface area (Å²) in [5.74, 6) is -2.51. The second kappa shape index (κ2) is 14.1. The van der Waals surface area contributed by atoms with Crippen LogP contribution in [-0.4, -0.2) is 79.3 Å². The lowest BCUT2D eigenvalue weighted by molar-refractivity contribution is -0.136. The molecule has 0 aliphatic carbocycles. The van der Waals surface area contributed by atoms with E-state index in [4.69, 9.17) is 9.84 Å². The highest BCUT2D eigenvalue weighted by molar-refractivity contribution is 6.03. The van der Waals surface area contributed by atoms with Crippen molar-refractivity contribution in [2.24, 2.45) is 11.8 Å². The van der Waals surface area contributed by atoms with Gasteiger partial charge in [0.1, 0.15) is 6.54 Å². The van der Waals surface area contributed by atoms with Crippen molar-refractivity contribution in [3.8, 4) is 0 Å². The Bertz CT molecular complexity index is 897. The zero-order valence-corrected chi connectivity index (χ0v) is 20.5. The van der Waals surface area contributed by atoms with Crippen LogP contribution in [0.2, 0.25) is 0 Å². The van der Waals surface area contributed by atoms with Crippen molar-refractivity contribution in [3.05, 3.63) is 29.3 Å². The van der Waals surface area contributed by atoms with Crippen LogP contribution < -0.4 is 10.6 Å². The highest BCUT2D eigenvalue weighted by atomic mass is 16.5. The molecule has 0 radical (unpaired) electrons. The minimum absolute atomic E-state index is 0.00448. The van der Waals surface area contributed by atoms with Crippen LogP contribution in [0.25, 0.3) is 0 Å². The summed E-state index contributed by atoms with van der Waals surface area (Å²) in [7, 11) is 1.58. The van der Waals surface area contributed by atoms with Crippen LogP contribution in [0, 0.1) is 11.8 Å². The van der Waals surface area contributed by atoms with E-state index in [1.807, 2.05) is 0 Å². The molecule has 188 valence electrons. The molecule has 1 aromatic carbocycles. The van der Waals surface area contributed by atoms with Crippen LogP contribution in [0.4, 0.5) is 5.69 Å².